The van der Waals surface area contributed by atoms with Crippen molar-refractivity contribution in [3.05, 3.63) is 70.5 Å². The quantitative estimate of drug-likeness (QED) is 0.891. The first-order valence-electron chi connectivity index (χ1n) is 5.80. The molecule has 0 spiro atoms. The summed E-state index contributed by atoms with van der Waals surface area (Å²) in [6, 6.07) is 13.8. The van der Waals surface area contributed by atoms with Gasteiger partial charge in [0.1, 0.15) is 5.82 Å². The Morgan fingerprint density at radius 1 is 1.11 bits per heavy atom. The molecule has 2 rings (SSSR count). The zero-order valence-corrected chi connectivity index (χ0v) is 10.6. The summed E-state index contributed by atoms with van der Waals surface area (Å²) in [5, 5.41) is 10.1. The predicted molar refractivity (Wildman–Crippen MR) is 71.4 cm³/mol. The highest BCUT2D eigenvalue weighted by Crippen LogP contribution is 2.22. The van der Waals surface area contributed by atoms with Crippen molar-refractivity contribution in [2.45, 2.75) is 12.3 Å². The average Bonchev–Trinajstić information content (AvgIpc) is 2.38. The van der Waals surface area contributed by atoms with E-state index in [1.54, 1.807) is 6.07 Å². The van der Waals surface area contributed by atoms with Gasteiger partial charge < -0.3 is 5.11 Å². The molecule has 0 radical (unpaired) electrons. The van der Waals surface area contributed by atoms with Crippen LogP contribution in [-0.4, -0.2) is 11.7 Å². The fraction of sp³-hybridized carbons (Fsp3) is 0.200. The van der Waals surface area contributed by atoms with Gasteiger partial charge in [0.05, 0.1) is 6.61 Å². The second-order valence-electron chi connectivity index (χ2n) is 4.27. The Labute approximate surface area is 111 Å². The molecular weight excluding hydrogens is 251 g/mol. The van der Waals surface area contributed by atoms with Crippen molar-refractivity contribution in [2.24, 2.45) is 0 Å². The molecule has 1 atom stereocenters. The van der Waals surface area contributed by atoms with Crippen molar-refractivity contribution in [3.8, 4) is 0 Å². The molecule has 94 valence electrons. The number of aliphatic hydroxyl groups excluding tert-OH is 1. The van der Waals surface area contributed by atoms with Crippen LogP contribution in [0.25, 0.3) is 0 Å². The van der Waals surface area contributed by atoms with Gasteiger partial charge in [-0.25, -0.2) is 4.39 Å². The van der Waals surface area contributed by atoms with Gasteiger partial charge >= 0.3 is 0 Å². The summed E-state index contributed by atoms with van der Waals surface area (Å²) in [5.41, 5.74) is 1.88. The third-order valence-corrected chi connectivity index (χ3v) is 3.19. The molecular formula is C15H14ClFO. The summed E-state index contributed by atoms with van der Waals surface area (Å²) < 4.78 is 13.2. The summed E-state index contributed by atoms with van der Waals surface area (Å²) in [7, 11) is 0. The molecule has 1 unspecified atom stereocenters. The fourth-order valence-corrected chi connectivity index (χ4v) is 2.08. The van der Waals surface area contributed by atoms with Crippen molar-refractivity contribution in [1.29, 1.82) is 0 Å². The third-order valence-electron chi connectivity index (χ3n) is 2.94. The summed E-state index contributed by atoms with van der Waals surface area (Å²) in [5.74, 6) is -0.371. The van der Waals surface area contributed by atoms with Crippen molar-refractivity contribution < 1.29 is 9.50 Å². The van der Waals surface area contributed by atoms with Gasteiger partial charge in [0.2, 0.25) is 0 Å². The van der Waals surface area contributed by atoms with E-state index in [2.05, 4.69) is 0 Å². The largest absolute Gasteiger partial charge is 0.396 e. The van der Waals surface area contributed by atoms with Crippen molar-refractivity contribution >= 4 is 11.6 Å². The standard InChI is InChI=1S/C15H14ClFO/c16-14-6-4-11(5-7-14)8-13(10-18)12-2-1-3-15(17)9-12/h1-7,9,13,18H,8,10H2. The van der Waals surface area contributed by atoms with Crippen LogP contribution in [0.3, 0.4) is 0 Å². The maximum absolute atomic E-state index is 13.2. The van der Waals surface area contributed by atoms with Gasteiger partial charge in [0.25, 0.3) is 0 Å². The molecule has 1 N–H and O–H groups in total. The highest BCUT2D eigenvalue weighted by Gasteiger charge is 2.12. The number of halogens is 2. The molecule has 0 fully saturated rings. The molecule has 1 nitrogen and oxygen atoms in total. The first kappa shape index (κ1) is 13.1. The molecule has 0 amide bonds. The van der Waals surface area contributed by atoms with E-state index in [1.165, 1.54) is 12.1 Å². The van der Waals surface area contributed by atoms with Crippen molar-refractivity contribution in [1.82, 2.24) is 0 Å². The van der Waals surface area contributed by atoms with Crippen LogP contribution < -0.4 is 0 Å². The normalized spacial score (nSPS) is 12.4. The summed E-state index contributed by atoms with van der Waals surface area (Å²) >= 11 is 5.82. The number of aliphatic hydroxyl groups is 1. The monoisotopic (exact) mass is 264 g/mol. The van der Waals surface area contributed by atoms with Crippen LogP contribution in [0.15, 0.2) is 48.5 Å². The molecule has 0 aliphatic rings. The van der Waals surface area contributed by atoms with Gasteiger partial charge in [0, 0.05) is 10.9 Å². The van der Waals surface area contributed by atoms with Crippen LogP contribution in [0, 0.1) is 5.82 Å². The van der Waals surface area contributed by atoms with E-state index >= 15 is 0 Å². The van der Waals surface area contributed by atoms with E-state index < -0.39 is 0 Å². The average molecular weight is 265 g/mol. The van der Waals surface area contributed by atoms with Crippen LogP contribution in [0.4, 0.5) is 4.39 Å². The number of hydrogen-bond acceptors (Lipinski definition) is 1. The van der Waals surface area contributed by atoms with Crippen LogP contribution in [0.5, 0.6) is 0 Å². The molecule has 0 saturated heterocycles. The second kappa shape index (κ2) is 5.98. The number of rotatable bonds is 4. The predicted octanol–water partition coefficient (Wildman–Crippen LogP) is 3.80. The van der Waals surface area contributed by atoms with Gasteiger partial charge in [-0.05, 0) is 41.8 Å². The lowest BCUT2D eigenvalue weighted by Crippen LogP contribution is -2.08. The SMILES string of the molecule is OCC(Cc1ccc(Cl)cc1)c1cccc(F)c1. The molecule has 0 aliphatic carbocycles. The maximum Gasteiger partial charge on any atom is 0.123 e. The zero-order valence-electron chi connectivity index (χ0n) is 9.81. The first-order chi connectivity index (χ1) is 8.69. The Bertz CT molecular complexity index is 510. The maximum atomic E-state index is 13.2. The van der Waals surface area contributed by atoms with Gasteiger partial charge in [0.15, 0.2) is 0 Å². The lowest BCUT2D eigenvalue weighted by atomic mass is 9.93. The second-order valence-corrected chi connectivity index (χ2v) is 4.70. The topological polar surface area (TPSA) is 20.2 Å². The van der Waals surface area contributed by atoms with Crippen molar-refractivity contribution in [2.75, 3.05) is 6.61 Å². The third kappa shape index (κ3) is 3.31. The van der Waals surface area contributed by atoms with Gasteiger partial charge in [-0.3, -0.25) is 0 Å². The van der Waals surface area contributed by atoms with Crippen LogP contribution >= 0.6 is 11.6 Å². The van der Waals surface area contributed by atoms with Crippen LogP contribution in [0.1, 0.15) is 17.0 Å². The van der Waals surface area contributed by atoms with Crippen LogP contribution in [-0.2, 0) is 6.42 Å². The highest BCUT2D eigenvalue weighted by molar-refractivity contribution is 6.30. The number of benzene rings is 2. The molecule has 2 aromatic carbocycles. The minimum atomic E-state index is -0.276. The molecule has 2 aromatic rings. The Hall–Kier alpha value is -1.38. The van der Waals surface area contributed by atoms with Gasteiger partial charge in [-0.1, -0.05) is 35.9 Å². The Morgan fingerprint density at radius 2 is 1.83 bits per heavy atom. The van der Waals surface area contributed by atoms with E-state index in [-0.39, 0.29) is 18.3 Å². The summed E-state index contributed by atoms with van der Waals surface area (Å²) in [4.78, 5) is 0. The lowest BCUT2D eigenvalue weighted by molar-refractivity contribution is 0.264. The fourth-order valence-electron chi connectivity index (χ4n) is 1.95. The minimum absolute atomic E-state index is 0.00786. The zero-order chi connectivity index (χ0) is 13.0. The molecule has 0 bridgehead atoms. The highest BCUT2D eigenvalue weighted by atomic mass is 35.5. The molecule has 0 heterocycles. The van der Waals surface area contributed by atoms with E-state index in [0.717, 1.165) is 11.1 Å². The van der Waals surface area contributed by atoms with Gasteiger partial charge in [-0.2, -0.15) is 0 Å². The minimum Gasteiger partial charge on any atom is -0.396 e. The molecule has 18 heavy (non-hydrogen) atoms. The van der Waals surface area contributed by atoms with E-state index in [4.69, 9.17) is 11.6 Å². The van der Waals surface area contributed by atoms with Crippen molar-refractivity contribution in [3.63, 3.8) is 0 Å². The Morgan fingerprint density at radius 3 is 2.44 bits per heavy atom. The Kier molecular flexibility index (Phi) is 4.34. The number of hydrogen-bond donors (Lipinski definition) is 1. The van der Waals surface area contributed by atoms with Crippen LogP contribution in [0.2, 0.25) is 5.02 Å². The van der Waals surface area contributed by atoms with E-state index in [9.17, 15) is 9.50 Å². The Balaban J connectivity index is 2.17. The summed E-state index contributed by atoms with van der Waals surface area (Å²) in [6.07, 6.45) is 0.664. The van der Waals surface area contributed by atoms with E-state index in [0.29, 0.717) is 11.4 Å². The molecule has 0 aromatic heterocycles. The first-order valence-corrected chi connectivity index (χ1v) is 6.17. The summed E-state index contributed by atoms with van der Waals surface area (Å²) in [6.45, 7) is -0.00786. The molecule has 0 saturated carbocycles. The van der Waals surface area contributed by atoms with E-state index in [1.807, 2.05) is 30.3 Å². The lowest BCUT2D eigenvalue weighted by Gasteiger charge is -2.14. The molecule has 3 heteroatoms. The molecule has 0 aliphatic heterocycles. The smallest absolute Gasteiger partial charge is 0.123 e. The van der Waals surface area contributed by atoms with Gasteiger partial charge in [-0.15, -0.1) is 0 Å².